The van der Waals surface area contributed by atoms with E-state index in [-0.39, 0.29) is 18.0 Å². The van der Waals surface area contributed by atoms with Crippen LogP contribution in [-0.4, -0.2) is 66.6 Å². The molecule has 1 unspecified atom stereocenters. The van der Waals surface area contributed by atoms with Gasteiger partial charge < -0.3 is 4.90 Å². The van der Waals surface area contributed by atoms with Crippen LogP contribution in [0.5, 0.6) is 0 Å². The van der Waals surface area contributed by atoms with Crippen LogP contribution in [-0.2, 0) is 15.0 Å². The normalized spacial score (nSPS) is 28.7. The maximum Gasteiger partial charge on any atom is 0.282 e. The first kappa shape index (κ1) is 17.2. The van der Waals surface area contributed by atoms with Gasteiger partial charge in [0.05, 0.1) is 0 Å². The lowest BCUT2D eigenvalue weighted by atomic mass is 9.96. The molecule has 6 nitrogen and oxygen atoms in total. The van der Waals surface area contributed by atoms with Crippen molar-refractivity contribution in [3.05, 3.63) is 0 Å². The van der Waals surface area contributed by atoms with Crippen molar-refractivity contribution in [2.45, 2.75) is 69.9 Å². The van der Waals surface area contributed by atoms with Crippen LogP contribution in [0, 0.1) is 0 Å². The lowest BCUT2D eigenvalue weighted by Gasteiger charge is -2.40. The van der Waals surface area contributed by atoms with Crippen molar-refractivity contribution in [3.63, 3.8) is 0 Å². The van der Waals surface area contributed by atoms with E-state index in [1.807, 2.05) is 4.90 Å². The smallest absolute Gasteiger partial charge is 0.282 e. The average Bonchev–Trinajstić information content (AvgIpc) is 3.01. The number of rotatable bonds is 4. The third-order valence-corrected chi connectivity index (χ3v) is 7.70. The van der Waals surface area contributed by atoms with Gasteiger partial charge in [0.25, 0.3) is 10.2 Å². The topological polar surface area (TPSA) is 60.9 Å². The molecule has 3 fully saturated rings. The Hall–Kier alpha value is -0.660. The second-order valence-electron chi connectivity index (χ2n) is 7.16. The van der Waals surface area contributed by atoms with Crippen molar-refractivity contribution in [2.75, 3.05) is 26.7 Å². The molecule has 0 bridgehead atoms. The summed E-state index contributed by atoms with van der Waals surface area (Å²) in [5, 5.41) is 0. The standard InChI is InChI=1S/C16H29N3O3S/c1-17(14-7-3-2-4-8-14)23(21,22)18-11-5-9-15(13-18)19-12-6-10-16(19)20/h14-15H,2-13H2,1H3. The fraction of sp³-hybridized carbons (Fsp3) is 0.938. The zero-order chi connectivity index (χ0) is 16.4. The molecule has 2 heterocycles. The Bertz CT molecular complexity index is 531. The number of amides is 1. The molecule has 0 aromatic heterocycles. The number of carbonyl (C=O) groups is 1. The highest BCUT2D eigenvalue weighted by Crippen LogP contribution is 2.28. The molecule has 2 saturated heterocycles. The molecule has 0 spiro atoms. The first-order valence-electron chi connectivity index (χ1n) is 9.03. The van der Waals surface area contributed by atoms with Crippen molar-refractivity contribution < 1.29 is 13.2 Å². The van der Waals surface area contributed by atoms with Gasteiger partial charge in [-0.3, -0.25) is 4.79 Å². The summed E-state index contributed by atoms with van der Waals surface area (Å²) in [6.45, 7) is 1.83. The predicted octanol–water partition coefficient (Wildman–Crippen LogP) is 1.58. The van der Waals surface area contributed by atoms with Gasteiger partial charge in [-0.25, -0.2) is 0 Å². The molecule has 1 atom stereocenters. The fourth-order valence-electron chi connectivity index (χ4n) is 4.26. The largest absolute Gasteiger partial charge is 0.338 e. The maximum atomic E-state index is 13.0. The highest BCUT2D eigenvalue weighted by Gasteiger charge is 2.38. The van der Waals surface area contributed by atoms with Crippen molar-refractivity contribution >= 4 is 16.1 Å². The van der Waals surface area contributed by atoms with Gasteiger partial charge in [0.1, 0.15) is 0 Å². The summed E-state index contributed by atoms with van der Waals surface area (Å²) in [5.41, 5.74) is 0. The summed E-state index contributed by atoms with van der Waals surface area (Å²) in [6, 6.07) is 0.204. The van der Waals surface area contributed by atoms with Gasteiger partial charge in [0, 0.05) is 45.2 Å². The predicted molar refractivity (Wildman–Crippen MR) is 89.1 cm³/mol. The minimum atomic E-state index is -3.41. The van der Waals surface area contributed by atoms with Gasteiger partial charge in [0.2, 0.25) is 5.91 Å². The number of hydrogen-bond acceptors (Lipinski definition) is 3. The van der Waals surface area contributed by atoms with E-state index in [0.29, 0.717) is 19.5 Å². The second kappa shape index (κ2) is 7.07. The molecule has 132 valence electrons. The molecule has 0 radical (unpaired) electrons. The number of nitrogens with zero attached hydrogens (tertiary/aromatic N) is 3. The molecule has 0 N–H and O–H groups in total. The molecule has 3 rings (SSSR count). The highest BCUT2D eigenvalue weighted by atomic mass is 32.2. The van der Waals surface area contributed by atoms with E-state index in [0.717, 1.165) is 51.5 Å². The molecule has 1 aliphatic carbocycles. The van der Waals surface area contributed by atoms with Crippen molar-refractivity contribution in [1.29, 1.82) is 0 Å². The monoisotopic (exact) mass is 343 g/mol. The highest BCUT2D eigenvalue weighted by molar-refractivity contribution is 7.86. The Balaban J connectivity index is 1.67. The van der Waals surface area contributed by atoms with Gasteiger partial charge in [0.15, 0.2) is 0 Å². The number of carbonyl (C=O) groups excluding carboxylic acids is 1. The van der Waals surface area contributed by atoms with Crippen molar-refractivity contribution in [2.24, 2.45) is 0 Å². The van der Waals surface area contributed by atoms with Crippen LogP contribution >= 0.6 is 0 Å². The lowest BCUT2D eigenvalue weighted by molar-refractivity contribution is -0.130. The first-order valence-corrected chi connectivity index (χ1v) is 10.4. The molecule has 23 heavy (non-hydrogen) atoms. The summed E-state index contributed by atoms with van der Waals surface area (Å²) in [7, 11) is -1.68. The van der Waals surface area contributed by atoms with E-state index in [1.165, 1.54) is 6.42 Å². The van der Waals surface area contributed by atoms with E-state index < -0.39 is 10.2 Å². The molecular formula is C16H29N3O3S. The molecule has 1 saturated carbocycles. The van der Waals surface area contributed by atoms with Crippen molar-refractivity contribution in [3.8, 4) is 0 Å². The van der Waals surface area contributed by atoms with Gasteiger partial charge in [-0.15, -0.1) is 0 Å². The van der Waals surface area contributed by atoms with E-state index in [4.69, 9.17) is 0 Å². The second-order valence-corrected chi connectivity index (χ2v) is 9.15. The first-order chi connectivity index (χ1) is 11.0. The minimum absolute atomic E-state index is 0.0632. The van der Waals surface area contributed by atoms with Crippen LogP contribution < -0.4 is 0 Å². The number of piperidine rings is 1. The van der Waals surface area contributed by atoms with Crippen LogP contribution in [0.3, 0.4) is 0 Å². The summed E-state index contributed by atoms with van der Waals surface area (Å²) in [4.78, 5) is 13.9. The summed E-state index contributed by atoms with van der Waals surface area (Å²) < 4.78 is 29.2. The summed E-state index contributed by atoms with van der Waals surface area (Å²) >= 11 is 0. The van der Waals surface area contributed by atoms with Crippen molar-refractivity contribution in [1.82, 2.24) is 13.5 Å². The fourth-order valence-corrected chi connectivity index (χ4v) is 5.93. The van der Waals surface area contributed by atoms with Gasteiger partial charge >= 0.3 is 0 Å². The third kappa shape index (κ3) is 3.56. The third-order valence-electron chi connectivity index (χ3n) is 5.69. The zero-order valence-electron chi connectivity index (χ0n) is 14.1. The molecule has 0 aromatic rings. The molecular weight excluding hydrogens is 314 g/mol. The molecule has 2 aliphatic heterocycles. The average molecular weight is 343 g/mol. The maximum absolute atomic E-state index is 13.0. The van der Waals surface area contributed by atoms with E-state index in [9.17, 15) is 13.2 Å². The zero-order valence-corrected chi connectivity index (χ0v) is 14.9. The Kier molecular flexibility index (Phi) is 5.28. The molecule has 1 amide bonds. The number of hydrogen-bond donors (Lipinski definition) is 0. The van der Waals surface area contributed by atoms with Crippen LogP contribution in [0.1, 0.15) is 57.8 Å². The van der Waals surface area contributed by atoms with E-state index in [1.54, 1.807) is 15.7 Å². The molecule has 3 aliphatic rings. The Morgan fingerprint density at radius 1 is 1.00 bits per heavy atom. The van der Waals surface area contributed by atoms with Crippen LogP contribution in [0.2, 0.25) is 0 Å². The molecule has 7 heteroatoms. The van der Waals surface area contributed by atoms with E-state index >= 15 is 0 Å². The van der Waals surface area contributed by atoms with Gasteiger partial charge in [-0.2, -0.15) is 17.0 Å². The molecule has 0 aromatic carbocycles. The Labute approximate surface area is 140 Å². The Morgan fingerprint density at radius 2 is 1.74 bits per heavy atom. The van der Waals surface area contributed by atoms with Gasteiger partial charge in [-0.1, -0.05) is 19.3 Å². The van der Waals surface area contributed by atoms with Crippen LogP contribution in [0.15, 0.2) is 0 Å². The van der Waals surface area contributed by atoms with E-state index in [2.05, 4.69) is 0 Å². The quantitative estimate of drug-likeness (QED) is 0.779. The summed E-state index contributed by atoms with van der Waals surface area (Å²) in [5.74, 6) is 0.190. The minimum Gasteiger partial charge on any atom is -0.338 e. The number of likely N-dealkylation sites (tertiary alicyclic amines) is 1. The van der Waals surface area contributed by atoms with Crippen LogP contribution in [0.4, 0.5) is 0 Å². The SMILES string of the molecule is CN(C1CCCCC1)S(=O)(=O)N1CCCC(N2CCCC2=O)C1. The van der Waals surface area contributed by atoms with Crippen LogP contribution in [0.25, 0.3) is 0 Å². The Morgan fingerprint density at radius 3 is 2.39 bits per heavy atom. The summed E-state index contributed by atoms with van der Waals surface area (Å²) in [6.07, 6.45) is 8.68. The van der Waals surface area contributed by atoms with Gasteiger partial charge in [-0.05, 0) is 32.1 Å². The lowest BCUT2D eigenvalue weighted by Crippen LogP contribution is -2.54.